The third-order valence-electron chi connectivity index (χ3n) is 1.93. The van der Waals surface area contributed by atoms with E-state index in [1.54, 1.807) is 0 Å². The third-order valence-corrected chi connectivity index (χ3v) is 1.93. The molecule has 0 unspecified atom stereocenters. The lowest BCUT2D eigenvalue weighted by Crippen LogP contribution is -2.08. The number of hydrogen-bond acceptors (Lipinski definition) is 1. The predicted molar refractivity (Wildman–Crippen MR) is 52.3 cm³/mol. The Labute approximate surface area is 70.9 Å². The minimum Gasteiger partial charge on any atom is -0.297 e. The van der Waals surface area contributed by atoms with Crippen LogP contribution in [0.3, 0.4) is 0 Å². The van der Waals surface area contributed by atoms with Crippen LogP contribution in [0.4, 0.5) is 0 Å². The second-order valence-corrected chi connectivity index (χ2v) is 3.80. The van der Waals surface area contributed by atoms with Gasteiger partial charge in [-0.2, -0.15) is 0 Å². The van der Waals surface area contributed by atoms with Gasteiger partial charge in [0.1, 0.15) is 0 Å². The lowest BCUT2D eigenvalue weighted by molar-refractivity contribution is 0.595. The van der Waals surface area contributed by atoms with E-state index in [-0.39, 0.29) is 0 Å². The summed E-state index contributed by atoms with van der Waals surface area (Å²) in [4.78, 5) is 4.28. The maximum atomic E-state index is 4.28. The zero-order chi connectivity index (χ0) is 8.85. The van der Waals surface area contributed by atoms with E-state index in [1.807, 2.05) is 7.05 Å². The number of nitrogens with zero attached hydrogens (tertiary/aromatic N) is 1. The molecule has 0 N–H and O–H groups in total. The van der Waals surface area contributed by atoms with Crippen LogP contribution in [0.1, 0.15) is 40.5 Å². The molecule has 0 rings (SSSR count). The van der Waals surface area contributed by atoms with Gasteiger partial charge >= 0.3 is 0 Å². The second-order valence-electron chi connectivity index (χ2n) is 3.80. The Kier molecular flexibility index (Phi) is 5.18. The molecule has 0 fully saturated rings. The van der Waals surface area contributed by atoms with Crippen LogP contribution in [0.5, 0.6) is 0 Å². The summed E-state index contributed by atoms with van der Waals surface area (Å²) in [7, 11) is 1.90. The summed E-state index contributed by atoms with van der Waals surface area (Å²) < 4.78 is 0. The van der Waals surface area contributed by atoms with Crippen LogP contribution in [0, 0.1) is 11.8 Å². The second kappa shape index (κ2) is 5.34. The average molecular weight is 155 g/mol. The molecule has 0 aliphatic rings. The van der Waals surface area contributed by atoms with Crippen LogP contribution in [0.15, 0.2) is 4.99 Å². The molecule has 0 bridgehead atoms. The maximum Gasteiger partial charge on any atom is 0.0276 e. The van der Waals surface area contributed by atoms with E-state index in [9.17, 15) is 0 Å². The van der Waals surface area contributed by atoms with Gasteiger partial charge < -0.3 is 0 Å². The Bertz CT molecular complexity index is 123. The Morgan fingerprint density at radius 1 is 1.18 bits per heavy atom. The molecule has 0 radical (unpaired) electrons. The van der Waals surface area contributed by atoms with E-state index in [0.29, 0.717) is 5.92 Å². The maximum absolute atomic E-state index is 4.28. The molecule has 0 aromatic heterocycles. The molecule has 1 heteroatoms. The smallest absolute Gasteiger partial charge is 0.0276 e. The SMILES string of the molecule is CN=C(CCC(C)C)C(C)C. The highest BCUT2D eigenvalue weighted by atomic mass is 14.7. The highest BCUT2D eigenvalue weighted by Crippen LogP contribution is 2.09. The van der Waals surface area contributed by atoms with Crippen molar-refractivity contribution in [1.82, 2.24) is 0 Å². The predicted octanol–water partition coefficient (Wildman–Crippen LogP) is 3.15. The first-order chi connectivity index (χ1) is 5.07. The van der Waals surface area contributed by atoms with E-state index in [1.165, 1.54) is 18.6 Å². The van der Waals surface area contributed by atoms with Crippen LogP contribution in [-0.4, -0.2) is 12.8 Å². The normalized spacial score (nSPS) is 13.2. The summed E-state index contributed by atoms with van der Waals surface area (Å²) in [6.45, 7) is 8.94. The van der Waals surface area contributed by atoms with E-state index in [2.05, 4.69) is 32.7 Å². The Morgan fingerprint density at radius 3 is 2.00 bits per heavy atom. The number of rotatable bonds is 4. The molecular weight excluding hydrogens is 134 g/mol. The van der Waals surface area contributed by atoms with Crippen molar-refractivity contribution in [3.8, 4) is 0 Å². The first-order valence-electron chi connectivity index (χ1n) is 4.53. The quantitative estimate of drug-likeness (QED) is 0.553. The summed E-state index contributed by atoms with van der Waals surface area (Å²) in [5.41, 5.74) is 1.36. The molecule has 0 aliphatic carbocycles. The highest BCUT2D eigenvalue weighted by molar-refractivity contribution is 5.86. The summed E-state index contributed by atoms with van der Waals surface area (Å²) in [6.07, 6.45) is 2.44. The van der Waals surface area contributed by atoms with E-state index >= 15 is 0 Å². The van der Waals surface area contributed by atoms with Crippen molar-refractivity contribution in [2.24, 2.45) is 16.8 Å². The fourth-order valence-corrected chi connectivity index (χ4v) is 1.10. The Hall–Kier alpha value is -0.330. The van der Waals surface area contributed by atoms with Crippen molar-refractivity contribution in [2.75, 3.05) is 7.05 Å². The summed E-state index contributed by atoms with van der Waals surface area (Å²) >= 11 is 0. The van der Waals surface area contributed by atoms with Crippen LogP contribution in [0.25, 0.3) is 0 Å². The zero-order valence-electron chi connectivity index (χ0n) is 8.52. The van der Waals surface area contributed by atoms with Crippen molar-refractivity contribution < 1.29 is 0 Å². The van der Waals surface area contributed by atoms with Gasteiger partial charge in [0.05, 0.1) is 0 Å². The molecule has 0 saturated heterocycles. The first-order valence-corrected chi connectivity index (χ1v) is 4.53. The summed E-state index contributed by atoms with van der Waals surface area (Å²) in [5, 5.41) is 0. The Morgan fingerprint density at radius 2 is 1.73 bits per heavy atom. The van der Waals surface area contributed by atoms with Crippen LogP contribution >= 0.6 is 0 Å². The third kappa shape index (κ3) is 5.00. The lowest BCUT2D eigenvalue weighted by Gasteiger charge is -2.10. The van der Waals surface area contributed by atoms with Crippen molar-refractivity contribution in [3.05, 3.63) is 0 Å². The van der Waals surface area contributed by atoms with Gasteiger partial charge in [0.2, 0.25) is 0 Å². The van der Waals surface area contributed by atoms with Crippen molar-refractivity contribution >= 4 is 5.71 Å². The van der Waals surface area contributed by atoms with Crippen molar-refractivity contribution in [2.45, 2.75) is 40.5 Å². The van der Waals surface area contributed by atoms with Gasteiger partial charge in [-0.25, -0.2) is 0 Å². The molecule has 0 atom stereocenters. The van der Waals surface area contributed by atoms with Gasteiger partial charge in [0.15, 0.2) is 0 Å². The molecule has 0 saturated carbocycles. The summed E-state index contributed by atoms with van der Waals surface area (Å²) in [6, 6.07) is 0. The zero-order valence-corrected chi connectivity index (χ0v) is 8.52. The van der Waals surface area contributed by atoms with Crippen molar-refractivity contribution in [1.29, 1.82) is 0 Å². The molecule has 0 aromatic rings. The number of hydrogen-bond donors (Lipinski definition) is 0. The van der Waals surface area contributed by atoms with Crippen molar-refractivity contribution in [3.63, 3.8) is 0 Å². The van der Waals surface area contributed by atoms with Gasteiger partial charge in [0, 0.05) is 12.8 Å². The van der Waals surface area contributed by atoms with Crippen LogP contribution in [-0.2, 0) is 0 Å². The topological polar surface area (TPSA) is 12.4 Å². The molecule has 0 spiro atoms. The molecule has 0 aliphatic heterocycles. The van der Waals surface area contributed by atoms with Gasteiger partial charge in [-0.1, -0.05) is 27.7 Å². The highest BCUT2D eigenvalue weighted by Gasteiger charge is 2.04. The molecule has 11 heavy (non-hydrogen) atoms. The summed E-state index contributed by atoms with van der Waals surface area (Å²) in [5.74, 6) is 1.42. The van der Waals surface area contributed by atoms with E-state index < -0.39 is 0 Å². The van der Waals surface area contributed by atoms with Gasteiger partial charge in [0.25, 0.3) is 0 Å². The Balaban J connectivity index is 3.72. The molecule has 0 heterocycles. The molecular formula is C10H21N. The van der Waals surface area contributed by atoms with Crippen LogP contribution < -0.4 is 0 Å². The largest absolute Gasteiger partial charge is 0.297 e. The molecule has 0 amide bonds. The monoisotopic (exact) mass is 155 g/mol. The van der Waals surface area contributed by atoms with Crippen LogP contribution in [0.2, 0.25) is 0 Å². The molecule has 66 valence electrons. The van der Waals surface area contributed by atoms with Gasteiger partial charge in [-0.05, 0) is 24.7 Å². The first kappa shape index (κ1) is 10.7. The fraction of sp³-hybridized carbons (Fsp3) is 0.900. The minimum absolute atomic E-state index is 0.624. The fourth-order valence-electron chi connectivity index (χ4n) is 1.10. The molecule has 1 nitrogen and oxygen atoms in total. The van der Waals surface area contributed by atoms with E-state index in [0.717, 1.165) is 5.92 Å². The molecule has 0 aromatic carbocycles. The number of aliphatic imine (C=N–C) groups is 1. The minimum atomic E-state index is 0.624. The van der Waals surface area contributed by atoms with E-state index in [4.69, 9.17) is 0 Å². The average Bonchev–Trinajstić information content (AvgIpc) is 1.87. The van der Waals surface area contributed by atoms with Gasteiger partial charge in [-0.3, -0.25) is 4.99 Å². The standard InChI is InChI=1S/C10H21N/c1-8(2)6-7-10(11-5)9(3)4/h8-9H,6-7H2,1-5H3. The van der Waals surface area contributed by atoms with Gasteiger partial charge in [-0.15, -0.1) is 0 Å². The lowest BCUT2D eigenvalue weighted by atomic mass is 9.99.